The van der Waals surface area contributed by atoms with E-state index in [1.54, 1.807) is 4.68 Å². The van der Waals surface area contributed by atoms with Crippen LogP contribution in [0.25, 0.3) is 5.82 Å². The molecule has 5 nitrogen and oxygen atoms in total. The molecule has 0 saturated heterocycles. The van der Waals surface area contributed by atoms with Gasteiger partial charge in [-0.25, -0.2) is 9.97 Å². The second-order valence-corrected chi connectivity index (χ2v) is 4.01. The second kappa shape index (κ2) is 3.98. The van der Waals surface area contributed by atoms with Crippen LogP contribution in [0.15, 0.2) is 6.07 Å². The van der Waals surface area contributed by atoms with Crippen LogP contribution in [-0.2, 0) is 0 Å². The summed E-state index contributed by atoms with van der Waals surface area (Å²) >= 11 is 0. The molecule has 5 heteroatoms. The first-order valence-corrected chi connectivity index (χ1v) is 5.32. The minimum Gasteiger partial charge on any atom is -0.233 e. The zero-order chi connectivity index (χ0) is 12.6. The first-order chi connectivity index (χ1) is 8.02. The number of aromatic nitrogens is 4. The molecule has 0 aliphatic heterocycles. The van der Waals surface area contributed by atoms with Gasteiger partial charge in [-0.15, -0.1) is 5.10 Å². The molecule has 0 unspecified atom stereocenters. The summed E-state index contributed by atoms with van der Waals surface area (Å²) in [4.78, 5) is 8.61. The zero-order valence-corrected chi connectivity index (χ0v) is 10.3. The molecular weight excluding hydrogens is 214 g/mol. The molecule has 0 saturated carbocycles. The average Bonchev–Trinajstić information content (AvgIpc) is 2.56. The Labute approximate surface area is 99.8 Å². The van der Waals surface area contributed by atoms with Crippen molar-refractivity contribution in [1.82, 2.24) is 19.7 Å². The molecule has 0 radical (unpaired) electrons. The van der Waals surface area contributed by atoms with Crippen LogP contribution >= 0.6 is 0 Å². The summed E-state index contributed by atoms with van der Waals surface area (Å²) in [5.74, 6) is 1.96. The minimum absolute atomic E-state index is 0.545. The molecule has 86 valence electrons. The van der Waals surface area contributed by atoms with Gasteiger partial charge >= 0.3 is 0 Å². The number of nitrogens with zero attached hydrogens (tertiary/aromatic N) is 5. The van der Waals surface area contributed by atoms with Crippen molar-refractivity contribution >= 4 is 0 Å². The van der Waals surface area contributed by atoms with E-state index in [4.69, 9.17) is 0 Å². The minimum atomic E-state index is 0.545. The van der Waals surface area contributed by atoms with Crippen molar-refractivity contribution in [3.05, 3.63) is 34.5 Å². The summed E-state index contributed by atoms with van der Waals surface area (Å²) in [6, 6.07) is 4.06. The summed E-state index contributed by atoms with van der Waals surface area (Å²) in [6.45, 7) is 7.46. The maximum Gasteiger partial charge on any atom is 0.173 e. The molecule has 0 amide bonds. The lowest BCUT2D eigenvalue weighted by Gasteiger charge is -2.08. The maximum absolute atomic E-state index is 9.20. The van der Waals surface area contributed by atoms with Crippen LogP contribution < -0.4 is 0 Å². The highest BCUT2D eigenvalue weighted by molar-refractivity contribution is 5.49. The van der Waals surface area contributed by atoms with Crippen LogP contribution in [0, 0.1) is 39.0 Å². The van der Waals surface area contributed by atoms with Gasteiger partial charge in [-0.1, -0.05) is 0 Å². The van der Waals surface area contributed by atoms with E-state index in [-0.39, 0.29) is 0 Å². The van der Waals surface area contributed by atoms with Gasteiger partial charge in [0.25, 0.3) is 0 Å². The number of aryl methyl sites for hydroxylation is 4. The Morgan fingerprint density at radius 3 is 2.41 bits per heavy atom. The molecule has 17 heavy (non-hydrogen) atoms. The number of pyridine rings is 1. The van der Waals surface area contributed by atoms with Crippen molar-refractivity contribution in [1.29, 1.82) is 5.26 Å². The quantitative estimate of drug-likeness (QED) is 0.744. The molecule has 2 heterocycles. The first-order valence-electron chi connectivity index (χ1n) is 5.32. The van der Waals surface area contributed by atoms with Crippen LogP contribution in [0.4, 0.5) is 0 Å². The van der Waals surface area contributed by atoms with Crippen molar-refractivity contribution in [3.8, 4) is 11.9 Å². The fourth-order valence-corrected chi connectivity index (χ4v) is 1.83. The highest BCUT2D eigenvalue weighted by atomic mass is 15.4. The van der Waals surface area contributed by atoms with Crippen molar-refractivity contribution in [2.24, 2.45) is 0 Å². The lowest BCUT2D eigenvalue weighted by atomic mass is 10.1. The Morgan fingerprint density at radius 2 is 1.88 bits per heavy atom. The van der Waals surface area contributed by atoms with Gasteiger partial charge in [0.15, 0.2) is 5.82 Å². The number of hydrogen-bond donors (Lipinski definition) is 0. The largest absolute Gasteiger partial charge is 0.233 e. The predicted molar refractivity (Wildman–Crippen MR) is 62.8 cm³/mol. The van der Waals surface area contributed by atoms with Crippen LogP contribution in [0.5, 0.6) is 0 Å². The van der Waals surface area contributed by atoms with Crippen molar-refractivity contribution < 1.29 is 0 Å². The van der Waals surface area contributed by atoms with Gasteiger partial charge in [0.05, 0.1) is 5.56 Å². The summed E-state index contributed by atoms with van der Waals surface area (Å²) in [6.07, 6.45) is 0. The molecule has 2 rings (SSSR count). The molecule has 0 N–H and O–H groups in total. The topological polar surface area (TPSA) is 67.4 Å². The standard InChI is InChI=1S/C12H13N5/c1-7-5-8(2)14-12(11(7)6-13)17-10(4)15-9(3)16-17/h5H,1-4H3. The Bertz CT molecular complexity index is 619. The fraction of sp³-hybridized carbons (Fsp3) is 0.333. The fourth-order valence-electron chi connectivity index (χ4n) is 1.83. The maximum atomic E-state index is 9.20. The third kappa shape index (κ3) is 1.89. The van der Waals surface area contributed by atoms with E-state index in [2.05, 4.69) is 21.1 Å². The Morgan fingerprint density at radius 1 is 1.18 bits per heavy atom. The van der Waals surface area contributed by atoms with Crippen LogP contribution in [0.1, 0.15) is 28.5 Å². The van der Waals surface area contributed by atoms with Gasteiger partial charge in [0, 0.05) is 5.69 Å². The van der Waals surface area contributed by atoms with Gasteiger partial charge in [0.2, 0.25) is 0 Å². The predicted octanol–water partition coefficient (Wildman–Crippen LogP) is 1.77. The van der Waals surface area contributed by atoms with Crippen molar-refractivity contribution in [2.45, 2.75) is 27.7 Å². The van der Waals surface area contributed by atoms with E-state index in [1.165, 1.54) is 0 Å². The van der Waals surface area contributed by atoms with Gasteiger partial charge in [-0.2, -0.15) is 9.94 Å². The smallest absolute Gasteiger partial charge is 0.173 e. The molecular formula is C12H13N5. The Balaban J connectivity index is 2.75. The van der Waals surface area contributed by atoms with Gasteiger partial charge in [-0.05, 0) is 39.3 Å². The van der Waals surface area contributed by atoms with Crippen LogP contribution in [0.2, 0.25) is 0 Å². The lowest BCUT2D eigenvalue weighted by Crippen LogP contribution is -2.07. The molecule has 0 aromatic carbocycles. The van der Waals surface area contributed by atoms with Crippen LogP contribution in [-0.4, -0.2) is 19.7 Å². The molecule has 2 aromatic heterocycles. The summed E-state index contributed by atoms with van der Waals surface area (Å²) in [5, 5.41) is 13.5. The van der Waals surface area contributed by atoms with E-state index >= 15 is 0 Å². The monoisotopic (exact) mass is 227 g/mol. The highest BCUT2D eigenvalue weighted by Gasteiger charge is 2.14. The summed E-state index contributed by atoms with van der Waals surface area (Å²) in [5.41, 5.74) is 2.32. The number of hydrogen-bond acceptors (Lipinski definition) is 4. The molecule has 0 spiro atoms. The number of rotatable bonds is 1. The molecule has 0 bridgehead atoms. The summed E-state index contributed by atoms with van der Waals surface area (Å²) in [7, 11) is 0. The van der Waals surface area contributed by atoms with E-state index in [9.17, 15) is 5.26 Å². The van der Waals surface area contributed by atoms with E-state index in [0.717, 1.165) is 17.1 Å². The zero-order valence-electron chi connectivity index (χ0n) is 10.3. The van der Waals surface area contributed by atoms with Crippen LogP contribution in [0.3, 0.4) is 0 Å². The first kappa shape index (κ1) is 11.3. The molecule has 0 aliphatic rings. The molecule has 0 fully saturated rings. The van der Waals surface area contributed by atoms with Gasteiger partial charge in [-0.3, -0.25) is 0 Å². The second-order valence-electron chi connectivity index (χ2n) is 4.01. The number of nitriles is 1. The molecule has 0 aliphatic carbocycles. The third-order valence-corrected chi connectivity index (χ3v) is 2.51. The molecule has 0 atom stereocenters. The van der Waals surface area contributed by atoms with E-state index in [1.807, 2.05) is 33.8 Å². The average molecular weight is 227 g/mol. The van der Waals surface area contributed by atoms with Gasteiger partial charge in [0.1, 0.15) is 17.7 Å². The van der Waals surface area contributed by atoms with E-state index in [0.29, 0.717) is 17.2 Å². The normalized spacial score (nSPS) is 10.3. The molecule has 2 aromatic rings. The third-order valence-electron chi connectivity index (χ3n) is 2.51. The van der Waals surface area contributed by atoms with Gasteiger partial charge < -0.3 is 0 Å². The summed E-state index contributed by atoms with van der Waals surface area (Å²) < 4.78 is 1.62. The van der Waals surface area contributed by atoms with E-state index < -0.39 is 0 Å². The lowest BCUT2D eigenvalue weighted by molar-refractivity contribution is 0.794. The van der Waals surface area contributed by atoms with Crippen molar-refractivity contribution in [3.63, 3.8) is 0 Å². The highest BCUT2D eigenvalue weighted by Crippen LogP contribution is 2.17. The Kier molecular flexibility index (Phi) is 2.64. The van der Waals surface area contributed by atoms with Crippen molar-refractivity contribution in [2.75, 3.05) is 0 Å². The SMILES string of the molecule is Cc1cc(C)c(C#N)c(-n2nc(C)nc2C)n1. The Hall–Kier alpha value is -2.22.